The van der Waals surface area contributed by atoms with E-state index in [1.165, 1.54) is 0 Å². The zero-order valence-corrected chi connectivity index (χ0v) is 12.8. The Morgan fingerprint density at radius 1 is 1.39 bits per heavy atom. The predicted molar refractivity (Wildman–Crippen MR) is 79.2 cm³/mol. The first-order valence-corrected chi connectivity index (χ1v) is 7.19. The van der Waals surface area contributed by atoms with E-state index in [0.717, 1.165) is 20.0 Å². The molecule has 18 heavy (non-hydrogen) atoms. The molecule has 0 aliphatic heterocycles. The number of ether oxygens (including phenoxy) is 1. The number of hydrogen-bond acceptors (Lipinski definition) is 4. The van der Waals surface area contributed by atoms with E-state index >= 15 is 0 Å². The molecule has 2 rings (SSSR count). The molecule has 0 bridgehead atoms. The number of halogens is 2. The van der Waals surface area contributed by atoms with E-state index in [0.29, 0.717) is 5.02 Å². The molecule has 0 saturated carbocycles. The van der Waals surface area contributed by atoms with Crippen LogP contribution in [0.2, 0.25) is 5.02 Å². The molecule has 2 aromatic rings. The molecular weight excluding hydrogens is 336 g/mol. The lowest BCUT2D eigenvalue weighted by Gasteiger charge is -2.18. The predicted octanol–water partition coefficient (Wildman–Crippen LogP) is 3.73. The highest BCUT2D eigenvalue weighted by molar-refractivity contribution is 9.11. The minimum atomic E-state index is -0.144. The summed E-state index contributed by atoms with van der Waals surface area (Å²) in [5.41, 5.74) is 3.72. The number of nitrogens with two attached hydrogens (primary N) is 1. The zero-order chi connectivity index (χ0) is 13.1. The van der Waals surface area contributed by atoms with Crippen molar-refractivity contribution in [1.82, 2.24) is 5.43 Å². The SMILES string of the molecule is COc1ccc(Cl)cc1C(NN)c1ccc(Br)s1. The van der Waals surface area contributed by atoms with Gasteiger partial charge in [-0.3, -0.25) is 5.84 Å². The van der Waals surface area contributed by atoms with E-state index < -0.39 is 0 Å². The third-order valence-corrected chi connectivity index (χ3v) is 4.47. The van der Waals surface area contributed by atoms with Gasteiger partial charge < -0.3 is 4.74 Å². The third-order valence-electron chi connectivity index (χ3n) is 2.55. The lowest BCUT2D eigenvalue weighted by molar-refractivity contribution is 0.404. The Morgan fingerprint density at radius 3 is 2.72 bits per heavy atom. The molecular formula is C12H12BrClN2OS. The maximum atomic E-state index is 6.04. The Hall–Kier alpha value is -0.590. The van der Waals surface area contributed by atoms with Crippen LogP contribution >= 0.6 is 38.9 Å². The van der Waals surface area contributed by atoms with Crippen LogP contribution in [0.1, 0.15) is 16.5 Å². The van der Waals surface area contributed by atoms with Crippen molar-refractivity contribution < 1.29 is 4.74 Å². The lowest BCUT2D eigenvalue weighted by atomic mass is 10.0. The molecule has 1 aromatic heterocycles. The number of hydrogen-bond donors (Lipinski definition) is 2. The molecule has 1 unspecified atom stereocenters. The van der Waals surface area contributed by atoms with Gasteiger partial charge in [0, 0.05) is 15.5 Å². The summed E-state index contributed by atoms with van der Waals surface area (Å²) >= 11 is 11.1. The van der Waals surface area contributed by atoms with Crippen molar-refractivity contribution in [2.75, 3.05) is 7.11 Å². The fourth-order valence-electron chi connectivity index (χ4n) is 1.74. The first kappa shape index (κ1) is 13.8. The van der Waals surface area contributed by atoms with Gasteiger partial charge in [-0.25, -0.2) is 5.43 Å². The minimum Gasteiger partial charge on any atom is -0.496 e. The van der Waals surface area contributed by atoms with Crippen LogP contribution in [0, 0.1) is 0 Å². The summed E-state index contributed by atoms with van der Waals surface area (Å²) in [6.07, 6.45) is 0. The van der Waals surface area contributed by atoms with Crippen LogP contribution in [0.25, 0.3) is 0 Å². The van der Waals surface area contributed by atoms with Crippen molar-refractivity contribution in [3.05, 3.63) is 49.6 Å². The highest BCUT2D eigenvalue weighted by Gasteiger charge is 2.19. The molecule has 0 fully saturated rings. The lowest BCUT2D eigenvalue weighted by Crippen LogP contribution is -2.28. The zero-order valence-electron chi connectivity index (χ0n) is 9.61. The van der Waals surface area contributed by atoms with Gasteiger partial charge in [0.15, 0.2) is 0 Å². The topological polar surface area (TPSA) is 47.3 Å². The van der Waals surface area contributed by atoms with E-state index in [4.69, 9.17) is 22.2 Å². The molecule has 1 atom stereocenters. The highest BCUT2D eigenvalue weighted by Crippen LogP contribution is 2.36. The fourth-order valence-corrected chi connectivity index (χ4v) is 3.42. The van der Waals surface area contributed by atoms with Gasteiger partial charge in [-0.1, -0.05) is 11.6 Å². The average molecular weight is 348 g/mol. The summed E-state index contributed by atoms with van der Waals surface area (Å²) < 4.78 is 6.40. The maximum absolute atomic E-state index is 6.04. The van der Waals surface area contributed by atoms with E-state index in [-0.39, 0.29) is 6.04 Å². The van der Waals surface area contributed by atoms with Crippen LogP contribution in [0.4, 0.5) is 0 Å². The number of rotatable bonds is 4. The number of nitrogens with one attached hydrogen (secondary N) is 1. The monoisotopic (exact) mass is 346 g/mol. The molecule has 0 radical (unpaired) electrons. The van der Waals surface area contributed by atoms with E-state index in [1.807, 2.05) is 24.3 Å². The van der Waals surface area contributed by atoms with E-state index in [1.54, 1.807) is 24.5 Å². The number of thiophene rings is 1. The van der Waals surface area contributed by atoms with E-state index in [2.05, 4.69) is 21.4 Å². The second-order valence-corrected chi connectivity index (χ2v) is 6.56. The second kappa shape index (κ2) is 6.04. The Bertz CT molecular complexity index is 547. The van der Waals surface area contributed by atoms with Gasteiger partial charge in [-0.05, 0) is 46.3 Å². The van der Waals surface area contributed by atoms with Crippen LogP contribution in [-0.4, -0.2) is 7.11 Å². The van der Waals surface area contributed by atoms with Gasteiger partial charge in [-0.15, -0.1) is 11.3 Å². The standard InChI is InChI=1S/C12H12BrClN2OS/c1-17-9-3-2-7(14)6-8(9)12(16-15)10-4-5-11(13)18-10/h2-6,12,16H,15H2,1H3. The van der Waals surface area contributed by atoms with Gasteiger partial charge in [-0.2, -0.15) is 0 Å². The van der Waals surface area contributed by atoms with E-state index in [9.17, 15) is 0 Å². The van der Waals surface area contributed by atoms with Gasteiger partial charge in [0.25, 0.3) is 0 Å². The van der Waals surface area contributed by atoms with Crippen molar-refractivity contribution >= 4 is 38.9 Å². The van der Waals surface area contributed by atoms with Crippen LogP contribution < -0.4 is 16.0 Å². The second-order valence-electron chi connectivity index (χ2n) is 3.63. The smallest absolute Gasteiger partial charge is 0.124 e. The molecule has 3 N–H and O–H groups in total. The van der Waals surface area contributed by atoms with Crippen LogP contribution in [0.3, 0.4) is 0 Å². The van der Waals surface area contributed by atoms with Crippen LogP contribution in [0.15, 0.2) is 34.1 Å². The largest absolute Gasteiger partial charge is 0.496 e. The summed E-state index contributed by atoms with van der Waals surface area (Å²) in [6.45, 7) is 0. The van der Waals surface area contributed by atoms with Crippen molar-refractivity contribution in [1.29, 1.82) is 0 Å². The molecule has 0 spiro atoms. The molecule has 0 aliphatic rings. The summed E-state index contributed by atoms with van der Waals surface area (Å²) in [6, 6.07) is 9.35. The van der Waals surface area contributed by atoms with Gasteiger partial charge >= 0.3 is 0 Å². The van der Waals surface area contributed by atoms with Crippen molar-refractivity contribution in [3.8, 4) is 5.75 Å². The normalized spacial score (nSPS) is 12.4. The van der Waals surface area contributed by atoms with Gasteiger partial charge in [0.2, 0.25) is 0 Å². The average Bonchev–Trinajstić information content (AvgIpc) is 2.77. The molecule has 0 saturated heterocycles. The molecule has 1 aromatic carbocycles. The summed E-state index contributed by atoms with van der Waals surface area (Å²) in [4.78, 5) is 1.09. The Morgan fingerprint density at radius 2 is 2.17 bits per heavy atom. The summed E-state index contributed by atoms with van der Waals surface area (Å²) in [5.74, 6) is 6.42. The highest BCUT2D eigenvalue weighted by atomic mass is 79.9. The summed E-state index contributed by atoms with van der Waals surface area (Å²) in [5, 5.41) is 0.654. The molecule has 1 heterocycles. The van der Waals surface area contributed by atoms with Crippen LogP contribution in [-0.2, 0) is 0 Å². The number of methoxy groups -OCH3 is 1. The fraction of sp³-hybridized carbons (Fsp3) is 0.167. The number of hydrazine groups is 1. The van der Waals surface area contributed by atoms with Crippen molar-refractivity contribution in [3.63, 3.8) is 0 Å². The third kappa shape index (κ3) is 2.87. The first-order chi connectivity index (χ1) is 8.65. The Kier molecular flexibility index (Phi) is 4.64. The quantitative estimate of drug-likeness (QED) is 0.654. The van der Waals surface area contributed by atoms with Crippen molar-refractivity contribution in [2.45, 2.75) is 6.04 Å². The molecule has 96 valence electrons. The van der Waals surface area contributed by atoms with Crippen molar-refractivity contribution in [2.24, 2.45) is 5.84 Å². The Balaban J connectivity index is 2.47. The Labute approximate surface area is 123 Å². The van der Waals surface area contributed by atoms with Gasteiger partial charge in [0.05, 0.1) is 16.9 Å². The molecule has 3 nitrogen and oxygen atoms in total. The molecule has 0 aliphatic carbocycles. The first-order valence-electron chi connectivity index (χ1n) is 5.20. The minimum absolute atomic E-state index is 0.144. The maximum Gasteiger partial charge on any atom is 0.124 e. The van der Waals surface area contributed by atoms with Gasteiger partial charge in [0.1, 0.15) is 5.75 Å². The summed E-state index contributed by atoms with van der Waals surface area (Å²) in [7, 11) is 1.63. The molecule has 6 heteroatoms. The number of benzene rings is 1. The van der Waals surface area contributed by atoms with Crippen LogP contribution in [0.5, 0.6) is 5.75 Å². The molecule has 0 amide bonds.